The second-order valence-electron chi connectivity index (χ2n) is 7.56. The van der Waals surface area contributed by atoms with Gasteiger partial charge in [0.1, 0.15) is 5.60 Å². The fraction of sp³-hybridized carbons (Fsp3) is 0.588. The van der Waals surface area contributed by atoms with Crippen LogP contribution in [0, 0.1) is 27.4 Å². The number of non-ortho nitro benzene ring substituents is 1. The summed E-state index contributed by atoms with van der Waals surface area (Å²) in [7, 11) is 0. The first-order valence-corrected chi connectivity index (χ1v) is 7.69. The van der Waals surface area contributed by atoms with E-state index in [-0.39, 0.29) is 17.1 Å². The van der Waals surface area contributed by atoms with Gasteiger partial charge in [-0.05, 0) is 49.7 Å². The molecule has 0 saturated heterocycles. The molecule has 0 aliphatic heterocycles. The molecule has 0 amide bonds. The summed E-state index contributed by atoms with van der Waals surface area (Å²) in [5, 5.41) is 10.7. The third-order valence-corrected chi connectivity index (χ3v) is 5.40. The molecule has 3 rings (SSSR count). The molecule has 0 unspecified atom stereocenters. The molecule has 0 heterocycles. The van der Waals surface area contributed by atoms with E-state index in [0.717, 1.165) is 12.8 Å². The Balaban J connectivity index is 1.76. The highest BCUT2D eigenvalue weighted by atomic mass is 16.6. The van der Waals surface area contributed by atoms with Crippen molar-refractivity contribution in [1.82, 2.24) is 0 Å². The Labute approximate surface area is 129 Å². The monoisotopic (exact) mass is 303 g/mol. The second kappa shape index (κ2) is 4.80. The maximum absolute atomic E-state index is 12.4. The van der Waals surface area contributed by atoms with Gasteiger partial charge in [-0.2, -0.15) is 0 Å². The summed E-state index contributed by atoms with van der Waals surface area (Å²) in [6.07, 6.45) is 3.24. The number of benzene rings is 1. The van der Waals surface area contributed by atoms with E-state index in [1.165, 1.54) is 30.7 Å². The van der Waals surface area contributed by atoms with Gasteiger partial charge in [0.15, 0.2) is 0 Å². The van der Waals surface area contributed by atoms with Gasteiger partial charge in [0.25, 0.3) is 5.69 Å². The highest BCUT2D eigenvalue weighted by Gasteiger charge is 2.58. The molecule has 2 saturated carbocycles. The molecule has 0 N–H and O–H groups in total. The van der Waals surface area contributed by atoms with Gasteiger partial charge in [-0.1, -0.05) is 13.8 Å². The summed E-state index contributed by atoms with van der Waals surface area (Å²) in [6.45, 7) is 6.52. The topological polar surface area (TPSA) is 69.4 Å². The Hall–Kier alpha value is -1.91. The van der Waals surface area contributed by atoms with Crippen LogP contribution in [0.5, 0.6) is 0 Å². The Bertz CT molecular complexity index is 622. The van der Waals surface area contributed by atoms with E-state index in [2.05, 4.69) is 13.8 Å². The molecule has 5 heteroatoms. The molecule has 118 valence electrons. The lowest BCUT2D eigenvalue weighted by atomic mass is 9.69. The van der Waals surface area contributed by atoms with Crippen molar-refractivity contribution < 1.29 is 14.5 Å². The number of hydrogen-bond donors (Lipinski definition) is 0. The summed E-state index contributed by atoms with van der Waals surface area (Å²) < 4.78 is 5.85. The lowest BCUT2D eigenvalue weighted by Crippen LogP contribution is -2.44. The Kier molecular flexibility index (Phi) is 3.27. The minimum absolute atomic E-state index is 0.0242. The van der Waals surface area contributed by atoms with Crippen LogP contribution in [0.2, 0.25) is 0 Å². The van der Waals surface area contributed by atoms with Crippen LogP contribution in [0.1, 0.15) is 50.4 Å². The summed E-state index contributed by atoms with van der Waals surface area (Å²) in [6, 6.07) is 5.59. The van der Waals surface area contributed by atoms with E-state index in [1.54, 1.807) is 0 Å². The molecular formula is C17H21NO4. The second-order valence-corrected chi connectivity index (χ2v) is 7.56. The predicted molar refractivity (Wildman–Crippen MR) is 81.5 cm³/mol. The quantitative estimate of drug-likeness (QED) is 0.481. The van der Waals surface area contributed by atoms with Crippen molar-refractivity contribution in [3.05, 3.63) is 39.9 Å². The molecule has 2 aliphatic carbocycles. The highest BCUT2D eigenvalue weighted by Crippen LogP contribution is 2.61. The lowest BCUT2D eigenvalue weighted by Gasteiger charge is -2.42. The predicted octanol–water partition coefficient (Wildman–Crippen LogP) is 3.97. The number of ether oxygens (including phenoxy) is 1. The third-order valence-electron chi connectivity index (χ3n) is 5.40. The molecule has 0 spiro atoms. The summed E-state index contributed by atoms with van der Waals surface area (Å²) in [5.41, 5.74) is 0.120. The largest absolute Gasteiger partial charge is 0.455 e. The normalized spacial score (nSPS) is 32.0. The SMILES string of the molecule is CC1(C)C[C@H]2C[C@@H]1[C@](C)(OC(=O)c1ccc([N+](=O)[O-])cc1)C2. The fourth-order valence-corrected chi connectivity index (χ4v) is 4.67. The number of carbonyl (C=O) groups excluding carboxylic acids is 1. The van der Waals surface area contributed by atoms with Gasteiger partial charge in [0.2, 0.25) is 0 Å². The van der Waals surface area contributed by atoms with Gasteiger partial charge in [0, 0.05) is 18.1 Å². The first-order chi connectivity index (χ1) is 10.2. The lowest BCUT2D eigenvalue weighted by molar-refractivity contribution is -0.384. The molecule has 1 aromatic carbocycles. The Morgan fingerprint density at radius 2 is 1.86 bits per heavy atom. The van der Waals surface area contributed by atoms with E-state index < -0.39 is 10.5 Å². The number of nitro benzene ring substituents is 1. The minimum atomic E-state index is -0.477. The fourth-order valence-electron chi connectivity index (χ4n) is 4.67. The Morgan fingerprint density at radius 1 is 1.23 bits per heavy atom. The number of nitro groups is 1. The van der Waals surface area contributed by atoms with Crippen LogP contribution >= 0.6 is 0 Å². The zero-order chi connectivity index (χ0) is 16.1. The first-order valence-electron chi connectivity index (χ1n) is 7.69. The average Bonchev–Trinajstić information content (AvgIpc) is 2.90. The summed E-state index contributed by atoms with van der Waals surface area (Å²) >= 11 is 0. The standard InChI is InChI=1S/C17H21NO4/c1-16(2)9-11-8-14(16)17(3,10-11)22-15(19)12-4-6-13(7-5-12)18(20)21/h4-7,11,14H,8-10H2,1-3H3/t11-,14+,17-/m1/s1. The zero-order valence-electron chi connectivity index (χ0n) is 13.2. The van der Waals surface area contributed by atoms with Crippen LogP contribution in [-0.4, -0.2) is 16.5 Å². The van der Waals surface area contributed by atoms with E-state index in [0.29, 0.717) is 17.4 Å². The molecule has 1 aromatic rings. The molecule has 2 bridgehead atoms. The molecule has 0 radical (unpaired) electrons. The number of rotatable bonds is 3. The molecule has 22 heavy (non-hydrogen) atoms. The Morgan fingerprint density at radius 3 is 2.36 bits per heavy atom. The van der Waals surface area contributed by atoms with E-state index in [4.69, 9.17) is 4.74 Å². The molecule has 0 aromatic heterocycles. The molecule has 5 nitrogen and oxygen atoms in total. The maximum Gasteiger partial charge on any atom is 0.338 e. The van der Waals surface area contributed by atoms with Gasteiger partial charge >= 0.3 is 5.97 Å². The van der Waals surface area contributed by atoms with E-state index >= 15 is 0 Å². The minimum Gasteiger partial charge on any atom is -0.455 e. The van der Waals surface area contributed by atoms with E-state index in [1.807, 2.05) is 6.92 Å². The van der Waals surface area contributed by atoms with Gasteiger partial charge in [0.05, 0.1) is 10.5 Å². The van der Waals surface area contributed by atoms with Gasteiger partial charge in [-0.3, -0.25) is 10.1 Å². The van der Waals surface area contributed by atoms with E-state index in [9.17, 15) is 14.9 Å². The smallest absolute Gasteiger partial charge is 0.338 e. The van der Waals surface area contributed by atoms with Crippen LogP contribution in [-0.2, 0) is 4.74 Å². The number of hydrogen-bond acceptors (Lipinski definition) is 4. The van der Waals surface area contributed by atoms with Crippen molar-refractivity contribution in [2.24, 2.45) is 17.3 Å². The molecule has 3 atom stereocenters. The zero-order valence-corrected chi connectivity index (χ0v) is 13.2. The summed E-state index contributed by atoms with van der Waals surface area (Å²) in [4.78, 5) is 22.6. The van der Waals surface area contributed by atoms with Crippen molar-refractivity contribution in [1.29, 1.82) is 0 Å². The van der Waals surface area contributed by atoms with Crippen LogP contribution in [0.25, 0.3) is 0 Å². The van der Waals surface area contributed by atoms with Crippen LogP contribution in [0.4, 0.5) is 5.69 Å². The van der Waals surface area contributed by atoms with Gasteiger partial charge < -0.3 is 4.74 Å². The van der Waals surface area contributed by atoms with Gasteiger partial charge in [-0.25, -0.2) is 4.79 Å². The third kappa shape index (κ3) is 2.38. The van der Waals surface area contributed by atoms with Crippen molar-refractivity contribution in [2.45, 2.75) is 45.6 Å². The van der Waals surface area contributed by atoms with Crippen molar-refractivity contribution in [3.63, 3.8) is 0 Å². The molecule has 2 fully saturated rings. The van der Waals surface area contributed by atoms with Crippen molar-refractivity contribution in [2.75, 3.05) is 0 Å². The van der Waals surface area contributed by atoms with Gasteiger partial charge in [-0.15, -0.1) is 0 Å². The molecule has 2 aliphatic rings. The van der Waals surface area contributed by atoms with Crippen molar-refractivity contribution in [3.8, 4) is 0 Å². The number of fused-ring (bicyclic) bond motifs is 2. The molecular weight excluding hydrogens is 282 g/mol. The van der Waals surface area contributed by atoms with Crippen LogP contribution < -0.4 is 0 Å². The number of carbonyl (C=O) groups is 1. The number of esters is 1. The van der Waals surface area contributed by atoms with Crippen LogP contribution in [0.15, 0.2) is 24.3 Å². The maximum atomic E-state index is 12.4. The first kappa shape index (κ1) is 15.0. The highest BCUT2D eigenvalue weighted by molar-refractivity contribution is 5.90. The average molecular weight is 303 g/mol. The van der Waals surface area contributed by atoms with Crippen molar-refractivity contribution >= 4 is 11.7 Å². The number of nitrogens with zero attached hydrogens (tertiary/aromatic N) is 1. The summed E-state index contributed by atoms with van der Waals surface area (Å²) in [5.74, 6) is 0.627. The van der Waals surface area contributed by atoms with Crippen LogP contribution in [0.3, 0.4) is 0 Å².